The van der Waals surface area contributed by atoms with Crippen molar-refractivity contribution >= 4 is 11.4 Å². The maximum Gasteiger partial charge on any atom is 0.295 e. The van der Waals surface area contributed by atoms with Gasteiger partial charge in [0.25, 0.3) is 5.69 Å². The Labute approximate surface area is 117 Å². The van der Waals surface area contributed by atoms with Crippen molar-refractivity contribution in [2.24, 2.45) is 5.92 Å². The molecule has 0 spiro atoms. The van der Waals surface area contributed by atoms with E-state index in [2.05, 4.69) is 19.2 Å². The van der Waals surface area contributed by atoms with Crippen LogP contribution >= 0.6 is 0 Å². The first-order valence-corrected chi connectivity index (χ1v) is 6.79. The number of anilines is 1. The standard InChI is InChI=1S/C14H19FN2O3/c1-9(2)14-8-11(5-6-20-14)16-12-4-3-10(15)7-13(12)17(18)19/h3-4,7,9,11,14,16H,5-6,8H2,1-2H3. The van der Waals surface area contributed by atoms with E-state index < -0.39 is 10.7 Å². The van der Waals surface area contributed by atoms with E-state index in [1.165, 1.54) is 12.1 Å². The smallest absolute Gasteiger partial charge is 0.295 e. The van der Waals surface area contributed by atoms with Gasteiger partial charge in [-0.1, -0.05) is 13.8 Å². The van der Waals surface area contributed by atoms with Gasteiger partial charge in [-0.05, 0) is 30.9 Å². The lowest BCUT2D eigenvalue weighted by molar-refractivity contribution is -0.384. The molecular formula is C14H19FN2O3. The van der Waals surface area contributed by atoms with Crippen LogP contribution in [0.25, 0.3) is 0 Å². The number of hydrogen-bond acceptors (Lipinski definition) is 4. The minimum absolute atomic E-state index is 0.111. The highest BCUT2D eigenvalue weighted by atomic mass is 19.1. The zero-order valence-electron chi connectivity index (χ0n) is 11.6. The molecule has 1 fully saturated rings. The zero-order valence-corrected chi connectivity index (χ0v) is 11.6. The van der Waals surface area contributed by atoms with Crippen LogP contribution in [-0.2, 0) is 4.74 Å². The van der Waals surface area contributed by atoms with Crippen molar-refractivity contribution in [1.82, 2.24) is 0 Å². The molecule has 1 saturated heterocycles. The van der Waals surface area contributed by atoms with Crippen molar-refractivity contribution in [3.05, 3.63) is 34.1 Å². The van der Waals surface area contributed by atoms with E-state index in [-0.39, 0.29) is 17.8 Å². The second-order valence-corrected chi connectivity index (χ2v) is 5.44. The van der Waals surface area contributed by atoms with Gasteiger partial charge in [-0.3, -0.25) is 10.1 Å². The minimum Gasteiger partial charge on any atom is -0.378 e. The SMILES string of the molecule is CC(C)C1CC(Nc2ccc(F)cc2[N+](=O)[O-])CCO1. The second kappa shape index (κ2) is 6.17. The van der Waals surface area contributed by atoms with Gasteiger partial charge in [0, 0.05) is 12.6 Å². The molecule has 1 heterocycles. The van der Waals surface area contributed by atoms with E-state index in [1.807, 2.05) is 0 Å². The molecule has 1 N–H and O–H groups in total. The molecule has 5 nitrogen and oxygen atoms in total. The highest BCUT2D eigenvalue weighted by Crippen LogP contribution is 2.29. The molecule has 0 saturated carbocycles. The molecule has 110 valence electrons. The Bertz CT molecular complexity index is 493. The predicted octanol–water partition coefficient (Wildman–Crippen LogP) is 3.35. The summed E-state index contributed by atoms with van der Waals surface area (Å²) in [4.78, 5) is 10.4. The third-order valence-corrected chi connectivity index (χ3v) is 3.57. The van der Waals surface area contributed by atoms with E-state index in [9.17, 15) is 14.5 Å². The topological polar surface area (TPSA) is 64.4 Å². The molecule has 2 rings (SSSR count). The van der Waals surface area contributed by atoms with Crippen LogP contribution < -0.4 is 5.32 Å². The number of nitro benzene ring substituents is 1. The Morgan fingerprint density at radius 2 is 2.25 bits per heavy atom. The lowest BCUT2D eigenvalue weighted by Crippen LogP contribution is -2.36. The number of halogens is 1. The fourth-order valence-corrected chi connectivity index (χ4v) is 2.42. The summed E-state index contributed by atoms with van der Waals surface area (Å²) in [5.74, 6) is -0.197. The van der Waals surface area contributed by atoms with Gasteiger partial charge in [-0.25, -0.2) is 4.39 Å². The van der Waals surface area contributed by atoms with E-state index in [0.717, 1.165) is 18.9 Å². The molecule has 0 amide bonds. The average molecular weight is 282 g/mol. The molecule has 0 radical (unpaired) electrons. The lowest BCUT2D eigenvalue weighted by atomic mass is 9.95. The first-order chi connectivity index (χ1) is 9.47. The van der Waals surface area contributed by atoms with Crippen molar-refractivity contribution < 1.29 is 14.1 Å². The fourth-order valence-electron chi connectivity index (χ4n) is 2.42. The molecular weight excluding hydrogens is 263 g/mol. The Balaban J connectivity index is 2.11. The summed E-state index contributed by atoms with van der Waals surface area (Å²) < 4.78 is 18.8. The van der Waals surface area contributed by atoms with Gasteiger partial charge < -0.3 is 10.1 Å². The number of ether oxygens (including phenoxy) is 1. The van der Waals surface area contributed by atoms with Crippen molar-refractivity contribution in [3.8, 4) is 0 Å². The summed E-state index contributed by atoms with van der Waals surface area (Å²) in [6.45, 7) is 4.82. The van der Waals surface area contributed by atoms with Crippen LogP contribution in [0.5, 0.6) is 0 Å². The number of nitrogens with one attached hydrogen (secondary N) is 1. The van der Waals surface area contributed by atoms with Gasteiger partial charge >= 0.3 is 0 Å². The van der Waals surface area contributed by atoms with Crippen molar-refractivity contribution in [3.63, 3.8) is 0 Å². The molecule has 1 aromatic carbocycles. The largest absolute Gasteiger partial charge is 0.378 e. The molecule has 6 heteroatoms. The average Bonchev–Trinajstić information content (AvgIpc) is 2.41. The van der Waals surface area contributed by atoms with Crippen molar-refractivity contribution in [2.75, 3.05) is 11.9 Å². The quantitative estimate of drug-likeness (QED) is 0.679. The van der Waals surface area contributed by atoms with Crippen LogP contribution in [0.1, 0.15) is 26.7 Å². The van der Waals surface area contributed by atoms with Crippen LogP contribution in [0.15, 0.2) is 18.2 Å². The molecule has 1 aliphatic heterocycles. The van der Waals surface area contributed by atoms with E-state index in [4.69, 9.17) is 4.74 Å². The maximum absolute atomic E-state index is 13.1. The molecule has 2 unspecified atom stereocenters. The summed E-state index contributed by atoms with van der Waals surface area (Å²) >= 11 is 0. The molecule has 1 aliphatic rings. The van der Waals surface area contributed by atoms with Gasteiger partial charge in [-0.15, -0.1) is 0 Å². The van der Waals surface area contributed by atoms with Crippen LogP contribution in [0.2, 0.25) is 0 Å². The zero-order chi connectivity index (χ0) is 14.7. The molecule has 0 aliphatic carbocycles. The fraction of sp³-hybridized carbons (Fsp3) is 0.571. The van der Waals surface area contributed by atoms with E-state index in [0.29, 0.717) is 18.2 Å². The first-order valence-electron chi connectivity index (χ1n) is 6.79. The Hall–Kier alpha value is -1.69. The number of hydrogen-bond donors (Lipinski definition) is 1. The van der Waals surface area contributed by atoms with E-state index in [1.54, 1.807) is 0 Å². The summed E-state index contributed by atoms with van der Waals surface area (Å²) in [6, 6.07) is 3.71. The second-order valence-electron chi connectivity index (χ2n) is 5.44. The summed E-state index contributed by atoms with van der Waals surface area (Å²) in [5, 5.41) is 14.1. The van der Waals surface area contributed by atoms with Crippen molar-refractivity contribution in [2.45, 2.75) is 38.8 Å². The third kappa shape index (κ3) is 3.45. The van der Waals surface area contributed by atoms with Crippen LogP contribution in [0.4, 0.5) is 15.8 Å². The van der Waals surface area contributed by atoms with Gasteiger partial charge in [0.1, 0.15) is 11.5 Å². The minimum atomic E-state index is -0.603. The lowest BCUT2D eigenvalue weighted by Gasteiger charge is -2.32. The highest BCUT2D eigenvalue weighted by molar-refractivity contribution is 5.61. The van der Waals surface area contributed by atoms with Gasteiger partial charge in [-0.2, -0.15) is 0 Å². The number of nitro groups is 1. The molecule has 20 heavy (non-hydrogen) atoms. The predicted molar refractivity (Wildman–Crippen MR) is 74.3 cm³/mol. The van der Waals surface area contributed by atoms with Gasteiger partial charge in [0.2, 0.25) is 0 Å². The van der Waals surface area contributed by atoms with E-state index >= 15 is 0 Å². The van der Waals surface area contributed by atoms with Crippen LogP contribution in [0.3, 0.4) is 0 Å². The summed E-state index contributed by atoms with van der Waals surface area (Å²) in [7, 11) is 0. The van der Waals surface area contributed by atoms with Crippen LogP contribution in [-0.4, -0.2) is 23.7 Å². The normalized spacial score (nSPS) is 22.8. The monoisotopic (exact) mass is 282 g/mol. The molecule has 1 aromatic rings. The Morgan fingerprint density at radius 1 is 1.50 bits per heavy atom. The number of nitrogens with zero attached hydrogens (tertiary/aromatic N) is 1. The summed E-state index contributed by atoms with van der Waals surface area (Å²) in [6.07, 6.45) is 1.74. The van der Waals surface area contributed by atoms with Gasteiger partial charge in [0.05, 0.1) is 17.1 Å². The Kier molecular flexibility index (Phi) is 4.54. The molecule has 0 aromatic heterocycles. The Morgan fingerprint density at radius 3 is 2.90 bits per heavy atom. The van der Waals surface area contributed by atoms with Gasteiger partial charge in [0.15, 0.2) is 0 Å². The maximum atomic E-state index is 13.1. The third-order valence-electron chi connectivity index (χ3n) is 3.57. The highest BCUT2D eigenvalue weighted by Gasteiger charge is 2.26. The molecule has 0 bridgehead atoms. The summed E-state index contributed by atoms with van der Waals surface area (Å²) in [5.41, 5.74) is 0.142. The number of benzene rings is 1. The van der Waals surface area contributed by atoms with Crippen molar-refractivity contribution in [1.29, 1.82) is 0 Å². The molecule has 2 atom stereocenters. The van der Waals surface area contributed by atoms with Crippen LogP contribution in [0, 0.1) is 21.8 Å². The first kappa shape index (κ1) is 14.7. The number of rotatable bonds is 4.